The van der Waals surface area contributed by atoms with Crippen LogP contribution in [0.3, 0.4) is 0 Å². The van der Waals surface area contributed by atoms with Gasteiger partial charge in [0.1, 0.15) is 11.1 Å². The minimum atomic E-state index is -3.85. The number of fused-ring (bicyclic) bond motifs is 1. The highest BCUT2D eigenvalue weighted by atomic mass is 32.2. The van der Waals surface area contributed by atoms with Crippen LogP contribution in [0.4, 0.5) is 0 Å². The van der Waals surface area contributed by atoms with Crippen LogP contribution >= 0.6 is 0 Å². The lowest BCUT2D eigenvalue weighted by molar-refractivity contribution is -0.148. The lowest BCUT2D eigenvalue weighted by Gasteiger charge is -2.36. The molecule has 260 valence electrons. The summed E-state index contributed by atoms with van der Waals surface area (Å²) >= 11 is 0. The molecule has 4 N–H and O–H groups in total. The number of ether oxygens (including phenoxy) is 1. The van der Waals surface area contributed by atoms with E-state index < -0.39 is 33.3 Å². The molecule has 48 heavy (non-hydrogen) atoms. The summed E-state index contributed by atoms with van der Waals surface area (Å²) in [5.74, 6) is -0.340. The normalized spacial score (nSPS) is 15.2. The van der Waals surface area contributed by atoms with E-state index in [0.29, 0.717) is 25.3 Å². The quantitative estimate of drug-likeness (QED) is 0.157. The summed E-state index contributed by atoms with van der Waals surface area (Å²) < 4.78 is 33.3. The zero-order chi connectivity index (χ0) is 34.7. The molecule has 2 amide bonds. The summed E-state index contributed by atoms with van der Waals surface area (Å²) in [7, 11) is -3.85. The Kier molecular flexibility index (Phi) is 13.6. The monoisotopic (exact) mass is 678 g/mol. The molecular weight excluding hydrogens is 628 g/mol. The van der Waals surface area contributed by atoms with Crippen LogP contribution in [-0.4, -0.2) is 67.6 Å². The Labute approximate surface area is 285 Å². The van der Waals surface area contributed by atoms with Crippen molar-refractivity contribution in [2.24, 2.45) is 11.8 Å². The molecule has 1 unspecified atom stereocenters. The summed E-state index contributed by atoms with van der Waals surface area (Å²) in [6.07, 6.45) is 0.588. The summed E-state index contributed by atoms with van der Waals surface area (Å²) in [6, 6.07) is 23.1. The highest BCUT2D eigenvalue weighted by molar-refractivity contribution is 7.92. The van der Waals surface area contributed by atoms with Gasteiger partial charge in [-0.2, -0.15) is 0 Å². The van der Waals surface area contributed by atoms with Crippen molar-refractivity contribution in [1.82, 2.24) is 21.1 Å². The van der Waals surface area contributed by atoms with Crippen LogP contribution in [0.2, 0.25) is 0 Å². The van der Waals surface area contributed by atoms with Gasteiger partial charge in [-0.05, 0) is 53.1 Å². The maximum atomic E-state index is 13.9. The van der Waals surface area contributed by atoms with Gasteiger partial charge in [-0.25, -0.2) is 13.4 Å². The number of nitrogens with zero attached hydrogens (tertiary/aromatic N) is 1. The van der Waals surface area contributed by atoms with Gasteiger partial charge in [0.25, 0.3) is 5.91 Å². The number of aliphatic hydroxyl groups excluding tert-OH is 1. The molecule has 1 aliphatic rings. The van der Waals surface area contributed by atoms with Crippen molar-refractivity contribution < 1.29 is 27.9 Å². The number of amides is 2. The average Bonchev–Trinajstić information content (AvgIpc) is 3.55. The highest BCUT2D eigenvalue weighted by Gasteiger charge is 2.36. The van der Waals surface area contributed by atoms with Crippen molar-refractivity contribution in [1.29, 1.82) is 0 Å². The third-order valence-electron chi connectivity index (χ3n) is 8.71. The molecule has 3 aromatic carbocycles. The number of carbonyl (C=O) groups excluding carboxylic acids is 2. The molecule has 11 heteroatoms. The lowest BCUT2D eigenvalue weighted by Crippen LogP contribution is -2.60. The molecular formula is C37H50N4O6S. The maximum absolute atomic E-state index is 13.9. The Balaban J connectivity index is 1.56. The molecule has 3 aromatic rings. The van der Waals surface area contributed by atoms with Gasteiger partial charge in [0.2, 0.25) is 5.91 Å². The molecule has 0 saturated heterocycles. The van der Waals surface area contributed by atoms with Crippen molar-refractivity contribution in [3.05, 3.63) is 95.6 Å². The smallest absolute Gasteiger partial charge is 0.252 e. The predicted octanol–water partition coefficient (Wildman–Crippen LogP) is 4.02. The van der Waals surface area contributed by atoms with Gasteiger partial charge in [-0.1, -0.05) is 94.8 Å². The molecule has 1 aliphatic heterocycles. The van der Waals surface area contributed by atoms with Gasteiger partial charge >= 0.3 is 0 Å². The van der Waals surface area contributed by atoms with Crippen LogP contribution < -0.4 is 20.8 Å². The summed E-state index contributed by atoms with van der Waals surface area (Å²) in [5, 5.41) is 18.3. The maximum Gasteiger partial charge on any atom is 0.252 e. The number of benzene rings is 3. The third-order valence-corrected chi connectivity index (χ3v) is 11.0. The number of sulfone groups is 1. The minimum absolute atomic E-state index is 0.0477. The number of aliphatic hydroxyl groups is 1. The lowest BCUT2D eigenvalue weighted by atomic mass is 9.98. The molecule has 4 atom stereocenters. The first kappa shape index (κ1) is 37.1. The molecule has 0 spiro atoms. The Bertz CT molecular complexity index is 1590. The van der Waals surface area contributed by atoms with E-state index in [1.54, 1.807) is 18.2 Å². The van der Waals surface area contributed by atoms with E-state index in [4.69, 9.17) is 4.74 Å². The molecule has 0 aromatic heterocycles. The van der Waals surface area contributed by atoms with Gasteiger partial charge in [0.15, 0.2) is 9.84 Å². The topological polar surface area (TPSA) is 137 Å². The van der Waals surface area contributed by atoms with E-state index in [2.05, 4.69) is 16.1 Å². The largest absolute Gasteiger partial charge is 0.493 e. The molecule has 0 radical (unpaired) electrons. The van der Waals surface area contributed by atoms with Gasteiger partial charge in [-0.3, -0.25) is 20.3 Å². The number of rotatable bonds is 17. The first-order valence-corrected chi connectivity index (χ1v) is 18.3. The Morgan fingerprint density at radius 3 is 2.27 bits per heavy atom. The Hall–Kier alpha value is -3.77. The molecule has 0 saturated carbocycles. The molecule has 0 fully saturated rings. The predicted molar refractivity (Wildman–Crippen MR) is 187 cm³/mol. The fourth-order valence-corrected chi connectivity index (χ4v) is 7.67. The van der Waals surface area contributed by atoms with E-state index in [-0.39, 0.29) is 48.6 Å². The molecule has 0 aliphatic carbocycles. The zero-order valence-electron chi connectivity index (χ0n) is 28.4. The van der Waals surface area contributed by atoms with Crippen LogP contribution in [0.15, 0.2) is 83.8 Å². The fourth-order valence-electron chi connectivity index (χ4n) is 5.78. The first-order chi connectivity index (χ1) is 23.0. The minimum Gasteiger partial charge on any atom is -0.493 e. The first-order valence-electron chi connectivity index (χ1n) is 16.8. The summed E-state index contributed by atoms with van der Waals surface area (Å²) in [5.41, 5.74) is 5.51. The average molecular weight is 679 g/mol. The van der Waals surface area contributed by atoms with Crippen LogP contribution in [0, 0.1) is 11.8 Å². The zero-order valence-corrected chi connectivity index (χ0v) is 29.2. The van der Waals surface area contributed by atoms with Gasteiger partial charge < -0.3 is 15.2 Å². The van der Waals surface area contributed by atoms with E-state index in [1.165, 1.54) is 5.01 Å². The van der Waals surface area contributed by atoms with Crippen molar-refractivity contribution in [2.45, 2.75) is 82.3 Å². The second-order valence-electron chi connectivity index (χ2n) is 12.9. The van der Waals surface area contributed by atoms with E-state index in [0.717, 1.165) is 23.1 Å². The van der Waals surface area contributed by atoms with Crippen molar-refractivity contribution in [3.8, 4) is 5.75 Å². The van der Waals surface area contributed by atoms with Gasteiger partial charge in [0.05, 0.1) is 30.2 Å². The van der Waals surface area contributed by atoms with E-state index in [1.807, 2.05) is 88.4 Å². The number of hydrogen-bond donors (Lipinski definition) is 4. The summed E-state index contributed by atoms with van der Waals surface area (Å²) in [6.45, 7) is 8.38. The Morgan fingerprint density at radius 1 is 0.958 bits per heavy atom. The Morgan fingerprint density at radius 2 is 1.62 bits per heavy atom. The second-order valence-corrected chi connectivity index (χ2v) is 15.0. The standard InChI is InChI=1S/C37H50N4O6S/c1-5-27(4)20-36(44)41(40-35(43)25-38-23-29-14-10-7-11-15-29)32(21-28-12-8-6-9-13-28)33(42)24-39-37(26(2)3)48(45,46)31-16-17-34-30(22-31)18-19-47-34/h6-17,22,26-27,32-33,37-39,42H,5,18-21,23-25H2,1-4H3,(H,40,43)/t27-,32-,33+,37?/m0/s1. The van der Waals surface area contributed by atoms with Crippen molar-refractivity contribution in [2.75, 3.05) is 19.7 Å². The second kappa shape index (κ2) is 17.6. The van der Waals surface area contributed by atoms with Crippen molar-refractivity contribution in [3.63, 3.8) is 0 Å². The van der Waals surface area contributed by atoms with E-state index in [9.17, 15) is 23.1 Å². The fraction of sp³-hybridized carbons (Fsp3) is 0.459. The number of carbonyl (C=O) groups is 2. The van der Waals surface area contributed by atoms with Crippen LogP contribution in [-0.2, 0) is 38.8 Å². The van der Waals surface area contributed by atoms with E-state index >= 15 is 0 Å². The van der Waals surface area contributed by atoms with Crippen molar-refractivity contribution >= 4 is 21.7 Å². The number of hydrazine groups is 1. The van der Waals surface area contributed by atoms with Crippen LogP contribution in [0.1, 0.15) is 57.2 Å². The third kappa shape index (κ3) is 10.1. The molecule has 1 heterocycles. The van der Waals surface area contributed by atoms with Crippen LogP contribution in [0.25, 0.3) is 0 Å². The van der Waals surface area contributed by atoms with Gasteiger partial charge in [-0.15, -0.1) is 0 Å². The number of nitrogens with one attached hydrogen (secondary N) is 3. The van der Waals surface area contributed by atoms with Crippen LogP contribution in [0.5, 0.6) is 5.75 Å². The SMILES string of the molecule is CC[C@H](C)CC(=O)N(NC(=O)CNCc1ccccc1)[C@@H](Cc1ccccc1)[C@H](O)CNC(C(C)C)S(=O)(=O)c1ccc2c(c1)CCO2. The van der Waals surface area contributed by atoms with Gasteiger partial charge in [0, 0.05) is 25.9 Å². The number of hydrogen-bond acceptors (Lipinski definition) is 8. The molecule has 4 rings (SSSR count). The molecule has 0 bridgehead atoms. The highest BCUT2D eigenvalue weighted by Crippen LogP contribution is 2.30. The molecule has 10 nitrogen and oxygen atoms in total. The summed E-state index contributed by atoms with van der Waals surface area (Å²) in [4.78, 5) is 27.3.